The minimum Gasteiger partial charge on any atom is -0.481 e. The third kappa shape index (κ3) is 6.18. The number of ether oxygens (including phenoxy) is 1. The molecule has 148 valence electrons. The van der Waals surface area contributed by atoms with Gasteiger partial charge in [0.05, 0.1) is 5.92 Å². The van der Waals surface area contributed by atoms with Gasteiger partial charge in [-0.15, -0.1) is 0 Å². The number of likely N-dealkylation sites (tertiary alicyclic amines) is 2. The van der Waals surface area contributed by atoms with Crippen LogP contribution in [-0.2, 0) is 14.3 Å². The maximum atomic E-state index is 12.4. The van der Waals surface area contributed by atoms with Crippen molar-refractivity contribution in [3.63, 3.8) is 0 Å². The molecule has 0 saturated carbocycles. The SMILES string of the molecule is CC(C)(C)OC(=O)N1CCC(CCC(=O)N2CCC[C@@H](C(=O)O)C2)CC1. The zero-order chi connectivity index (χ0) is 19.3. The first-order valence-electron chi connectivity index (χ1n) is 9.64. The molecule has 0 aromatic rings. The van der Waals surface area contributed by atoms with Crippen molar-refractivity contribution >= 4 is 18.0 Å². The molecule has 0 spiro atoms. The maximum absolute atomic E-state index is 12.4. The summed E-state index contributed by atoms with van der Waals surface area (Å²) in [5, 5.41) is 9.13. The Morgan fingerprint density at radius 2 is 1.69 bits per heavy atom. The zero-order valence-electron chi connectivity index (χ0n) is 16.2. The Hall–Kier alpha value is -1.79. The van der Waals surface area contributed by atoms with E-state index < -0.39 is 17.5 Å². The van der Waals surface area contributed by atoms with Crippen LogP contribution in [0, 0.1) is 11.8 Å². The maximum Gasteiger partial charge on any atom is 0.410 e. The van der Waals surface area contributed by atoms with Gasteiger partial charge in [0.15, 0.2) is 0 Å². The Morgan fingerprint density at radius 1 is 1.04 bits per heavy atom. The van der Waals surface area contributed by atoms with Gasteiger partial charge in [0.2, 0.25) is 5.91 Å². The lowest BCUT2D eigenvalue weighted by Crippen LogP contribution is -2.43. The zero-order valence-corrected chi connectivity index (χ0v) is 16.2. The lowest BCUT2D eigenvalue weighted by molar-refractivity contribution is -0.145. The molecule has 2 saturated heterocycles. The number of carboxylic acid groups (broad SMARTS) is 1. The van der Waals surface area contributed by atoms with Gasteiger partial charge in [0.25, 0.3) is 0 Å². The molecule has 0 unspecified atom stereocenters. The van der Waals surface area contributed by atoms with E-state index in [1.54, 1.807) is 9.80 Å². The fraction of sp³-hybridized carbons (Fsp3) is 0.842. The molecular weight excluding hydrogens is 336 g/mol. The van der Waals surface area contributed by atoms with Gasteiger partial charge in [-0.3, -0.25) is 9.59 Å². The van der Waals surface area contributed by atoms with Crippen molar-refractivity contribution in [2.45, 2.75) is 64.9 Å². The van der Waals surface area contributed by atoms with Crippen molar-refractivity contribution in [1.29, 1.82) is 0 Å². The number of hydrogen-bond donors (Lipinski definition) is 1. The van der Waals surface area contributed by atoms with E-state index >= 15 is 0 Å². The molecule has 2 aliphatic rings. The summed E-state index contributed by atoms with van der Waals surface area (Å²) in [5.41, 5.74) is -0.484. The van der Waals surface area contributed by atoms with E-state index in [-0.39, 0.29) is 12.0 Å². The third-order valence-corrected chi connectivity index (χ3v) is 5.16. The average molecular weight is 368 g/mol. The second-order valence-electron chi connectivity index (χ2n) is 8.47. The monoisotopic (exact) mass is 368 g/mol. The number of carbonyl (C=O) groups excluding carboxylic acids is 2. The molecule has 2 amide bonds. The molecule has 2 heterocycles. The van der Waals surface area contributed by atoms with Gasteiger partial charge in [-0.1, -0.05) is 0 Å². The van der Waals surface area contributed by atoms with Crippen molar-refractivity contribution in [3.05, 3.63) is 0 Å². The van der Waals surface area contributed by atoms with Gasteiger partial charge >= 0.3 is 12.1 Å². The molecule has 0 radical (unpaired) electrons. The summed E-state index contributed by atoms with van der Waals surface area (Å²) in [4.78, 5) is 39.0. The van der Waals surface area contributed by atoms with Crippen LogP contribution in [-0.4, -0.2) is 64.7 Å². The van der Waals surface area contributed by atoms with Crippen LogP contribution in [0.5, 0.6) is 0 Å². The molecule has 7 nitrogen and oxygen atoms in total. The third-order valence-electron chi connectivity index (χ3n) is 5.16. The summed E-state index contributed by atoms with van der Waals surface area (Å²) in [6.07, 6.45) is 4.17. The number of aliphatic carboxylic acids is 1. The number of carbonyl (C=O) groups is 3. The van der Waals surface area contributed by atoms with Gasteiger partial charge in [0, 0.05) is 32.6 Å². The van der Waals surface area contributed by atoms with Gasteiger partial charge < -0.3 is 19.6 Å². The molecule has 2 fully saturated rings. The molecule has 7 heteroatoms. The summed E-state index contributed by atoms with van der Waals surface area (Å²) < 4.78 is 5.40. The van der Waals surface area contributed by atoms with Gasteiger partial charge in [-0.2, -0.15) is 0 Å². The number of nitrogens with zero attached hydrogens (tertiary/aromatic N) is 2. The average Bonchev–Trinajstić information content (AvgIpc) is 2.58. The van der Waals surface area contributed by atoms with Crippen LogP contribution in [0.3, 0.4) is 0 Å². The standard InChI is InChI=1S/C19H32N2O5/c1-19(2,3)26-18(25)20-11-8-14(9-12-20)6-7-16(22)21-10-4-5-15(13-21)17(23)24/h14-15H,4-13H2,1-3H3,(H,23,24)/t15-/m1/s1. The van der Waals surface area contributed by atoms with E-state index in [0.717, 1.165) is 25.7 Å². The number of piperidine rings is 2. The first kappa shape index (κ1) is 20.5. The minimum atomic E-state index is -0.808. The second-order valence-corrected chi connectivity index (χ2v) is 8.47. The molecule has 1 N–H and O–H groups in total. The predicted molar refractivity (Wildman–Crippen MR) is 96.7 cm³/mol. The van der Waals surface area contributed by atoms with E-state index in [1.807, 2.05) is 20.8 Å². The van der Waals surface area contributed by atoms with Crippen LogP contribution in [0.25, 0.3) is 0 Å². The fourth-order valence-electron chi connectivity index (χ4n) is 3.62. The van der Waals surface area contributed by atoms with Gasteiger partial charge in [-0.25, -0.2) is 4.79 Å². The van der Waals surface area contributed by atoms with E-state index in [4.69, 9.17) is 9.84 Å². The number of carboxylic acids is 1. The minimum absolute atomic E-state index is 0.0607. The van der Waals surface area contributed by atoms with Crippen molar-refractivity contribution in [2.75, 3.05) is 26.2 Å². The largest absolute Gasteiger partial charge is 0.481 e. The highest BCUT2D eigenvalue weighted by atomic mass is 16.6. The molecule has 0 aromatic heterocycles. The summed E-state index contributed by atoms with van der Waals surface area (Å²) in [5.74, 6) is -0.745. The summed E-state index contributed by atoms with van der Waals surface area (Å²) in [7, 11) is 0. The van der Waals surface area contributed by atoms with Crippen LogP contribution in [0.15, 0.2) is 0 Å². The Morgan fingerprint density at radius 3 is 2.27 bits per heavy atom. The topological polar surface area (TPSA) is 87.2 Å². The molecular formula is C19H32N2O5. The van der Waals surface area contributed by atoms with Gasteiger partial charge in [-0.05, 0) is 58.8 Å². The molecule has 2 aliphatic heterocycles. The molecule has 26 heavy (non-hydrogen) atoms. The second kappa shape index (κ2) is 8.73. The van der Waals surface area contributed by atoms with Crippen LogP contribution in [0.1, 0.15) is 59.3 Å². The van der Waals surface area contributed by atoms with E-state index in [2.05, 4.69) is 0 Å². The molecule has 0 aromatic carbocycles. The lowest BCUT2D eigenvalue weighted by Gasteiger charge is -2.34. The quantitative estimate of drug-likeness (QED) is 0.824. The first-order valence-corrected chi connectivity index (χ1v) is 9.64. The lowest BCUT2D eigenvalue weighted by atomic mass is 9.91. The van der Waals surface area contributed by atoms with Crippen molar-refractivity contribution < 1.29 is 24.2 Å². The van der Waals surface area contributed by atoms with E-state index in [1.165, 1.54) is 0 Å². The Balaban J connectivity index is 1.70. The van der Waals surface area contributed by atoms with E-state index in [0.29, 0.717) is 44.9 Å². The Bertz CT molecular complexity index is 521. The highest BCUT2D eigenvalue weighted by molar-refractivity contribution is 5.78. The Labute approximate surface area is 155 Å². The Kier molecular flexibility index (Phi) is 6.89. The highest BCUT2D eigenvalue weighted by Crippen LogP contribution is 2.25. The number of amides is 2. The fourth-order valence-corrected chi connectivity index (χ4v) is 3.62. The molecule has 2 rings (SSSR count). The van der Waals surface area contributed by atoms with Crippen LogP contribution < -0.4 is 0 Å². The van der Waals surface area contributed by atoms with Gasteiger partial charge in [0.1, 0.15) is 5.60 Å². The predicted octanol–water partition coefficient (Wildman–Crippen LogP) is 2.74. The van der Waals surface area contributed by atoms with Crippen molar-refractivity contribution in [3.8, 4) is 0 Å². The smallest absolute Gasteiger partial charge is 0.410 e. The van der Waals surface area contributed by atoms with Crippen molar-refractivity contribution in [1.82, 2.24) is 9.80 Å². The van der Waals surface area contributed by atoms with E-state index in [9.17, 15) is 14.4 Å². The summed E-state index contributed by atoms with van der Waals surface area (Å²) in [6.45, 7) is 7.92. The number of rotatable bonds is 4. The normalized spacial score (nSPS) is 22.2. The first-order chi connectivity index (χ1) is 12.2. The van der Waals surface area contributed by atoms with Crippen LogP contribution >= 0.6 is 0 Å². The highest BCUT2D eigenvalue weighted by Gasteiger charge is 2.30. The molecule has 0 bridgehead atoms. The van der Waals surface area contributed by atoms with Crippen molar-refractivity contribution in [2.24, 2.45) is 11.8 Å². The molecule has 1 atom stereocenters. The summed E-state index contributed by atoms with van der Waals surface area (Å²) >= 11 is 0. The number of hydrogen-bond acceptors (Lipinski definition) is 4. The van der Waals surface area contributed by atoms with Crippen LogP contribution in [0.2, 0.25) is 0 Å². The summed E-state index contributed by atoms with van der Waals surface area (Å²) in [6, 6.07) is 0. The molecule has 0 aliphatic carbocycles. The van der Waals surface area contributed by atoms with Crippen LogP contribution in [0.4, 0.5) is 4.79 Å².